The fourth-order valence-corrected chi connectivity index (χ4v) is 3.18. The van der Waals surface area contributed by atoms with Crippen molar-refractivity contribution in [2.24, 2.45) is 0 Å². The molecule has 1 amide bonds. The van der Waals surface area contributed by atoms with Crippen molar-refractivity contribution in [2.45, 2.75) is 11.8 Å². The van der Waals surface area contributed by atoms with Gasteiger partial charge in [0.1, 0.15) is 11.5 Å². The number of amides is 1. The number of sulfonamides is 1. The molecule has 0 unspecified atom stereocenters. The van der Waals surface area contributed by atoms with E-state index in [4.69, 9.17) is 4.42 Å². The maximum atomic E-state index is 12.3. The molecule has 8 heteroatoms. The van der Waals surface area contributed by atoms with Crippen LogP contribution in [0.25, 0.3) is 6.08 Å². The lowest BCUT2D eigenvalue weighted by molar-refractivity contribution is -0.111. The zero-order valence-electron chi connectivity index (χ0n) is 15.5. The molecular formula is C18H23N3O4S. The van der Waals surface area contributed by atoms with Crippen molar-refractivity contribution < 1.29 is 17.6 Å². The molecule has 2 aromatic rings. The molecule has 1 N–H and O–H groups in total. The van der Waals surface area contributed by atoms with Gasteiger partial charge in [0, 0.05) is 34.3 Å². The van der Waals surface area contributed by atoms with Crippen LogP contribution in [0, 0.1) is 6.92 Å². The summed E-state index contributed by atoms with van der Waals surface area (Å²) < 4.78 is 31.2. The van der Waals surface area contributed by atoms with E-state index in [2.05, 4.69) is 5.32 Å². The Morgan fingerprint density at radius 1 is 1.12 bits per heavy atom. The number of carbonyl (C=O) groups is 1. The second-order valence-corrected chi connectivity index (χ2v) is 8.28. The highest BCUT2D eigenvalue weighted by Crippen LogP contribution is 2.28. The fourth-order valence-electron chi connectivity index (χ4n) is 2.25. The van der Waals surface area contributed by atoms with Gasteiger partial charge >= 0.3 is 0 Å². The summed E-state index contributed by atoms with van der Waals surface area (Å²) >= 11 is 0. The van der Waals surface area contributed by atoms with Crippen LogP contribution in [0.4, 0.5) is 11.4 Å². The van der Waals surface area contributed by atoms with E-state index in [0.29, 0.717) is 17.1 Å². The van der Waals surface area contributed by atoms with Crippen LogP contribution in [0.15, 0.2) is 45.7 Å². The van der Waals surface area contributed by atoms with Crippen molar-refractivity contribution in [1.29, 1.82) is 0 Å². The van der Waals surface area contributed by atoms with Gasteiger partial charge in [0.2, 0.25) is 15.9 Å². The van der Waals surface area contributed by atoms with Crippen molar-refractivity contribution in [2.75, 3.05) is 38.4 Å². The third-order valence-electron chi connectivity index (χ3n) is 3.65. The molecule has 26 heavy (non-hydrogen) atoms. The fraction of sp³-hybridized carbons (Fsp3) is 0.278. The standard InChI is InChI=1S/C18H23N3O4S/c1-13-6-7-14(25-13)8-11-18(22)19-16-12-15(26(23,24)21(4)5)9-10-17(16)20(2)3/h6-12H,1-5H3,(H,19,22). The minimum absolute atomic E-state index is 0.106. The summed E-state index contributed by atoms with van der Waals surface area (Å²) in [5.74, 6) is 0.928. The second-order valence-electron chi connectivity index (χ2n) is 6.13. The zero-order valence-corrected chi connectivity index (χ0v) is 16.3. The predicted octanol–water partition coefficient (Wildman–Crippen LogP) is 2.56. The second kappa shape index (κ2) is 7.76. The molecule has 0 aliphatic carbocycles. The number of nitrogens with zero attached hydrogens (tertiary/aromatic N) is 2. The van der Waals surface area contributed by atoms with Gasteiger partial charge in [-0.05, 0) is 43.3 Å². The van der Waals surface area contributed by atoms with Crippen LogP contribution in [0.2, 0.25) is 0 Å². The lowest BCUT2D eigenvalue weighted by Gasteiger charge is -2.19. The van der Waals surface area contributed by atoms with E-state index >= 15 is 0 Å². The van der Waals surface area contributed by atoms with Crippen LogP contribution in [0.3, 0.4) is 0 Å². The summed E-state index contributed by atoms with van der Waals surface area (Å²) in [6.07, 6.45) is 2.89. The summed E-state index contributed by atoms with van der Waals surface area (Å²) in [5.41, 5.74) is 1.10. The number of nitrogens with one attached hydrogen (secondary N) is 1. The Bertz CT molecular complexity index is 928. The molecule has 1 aromatic carbocycles. The zero-order chi connectivity index (χ0) is 19.5. The van der Waals surface area contributed by atoms with E-state index < -0.39 is 10.0 Å². The van der Waals surface area contributed by atoms with Gasteiger partial charge in [-0.25, -0.2) is 12.7 Å². The topological polar surface area (TPSA) is 82.9 Å². The Morgan fingerprint density at radius 2 is 1.81 bits per heavy atom. The number of aryl methyl sites for hydroxylation is 1. The highest BCUT2D eigenvalue weighted by Gasteiger charge is 2.19. The molecule has 0 radical (unpaired) electrons. The smallest absolute Gasteiger partial charge is 0.248 e. The minimum Gasteiger partial charge on any atom is -0.462 e. The van der Waals surface area contributed by atoms with Gasteiger partial charge in [0.05, 0.1) is 16.3 Å². The lowest BCUT2D eigenvalue weighted by Crippen LogP contribution is -2.23. The maximum Gasteiger partial charge on any atom is 0.248 e. The Morgan fingerprint density at radius 3 is 2.35 bits per heavy atom. The van der Waals surface area contributed by atoms with Crippen molar-refractivity contribution in [3.8, 4) is 0 Å². The van der Waals surface area contributed by atoms with Gasteiger partial charge in [-0.3, -0.25) is 4.79 Å². The van der Waals surface area contributed by atoms with Crippen LogP contribution in [-0.2, 0) is 14.8 Å². The predicted molar refractivity (Wildman–Crippen MR) is 103 cm³/mol. The summed E-state index contributed by atoms with van der Waals surface area (Å²) in [6.45, 7) is 1.82. The Hall–Kier alpha value is -2.58. The van der Waals surface area contributed by atoms with Crippen LogP contribution < -0.4 is 10.2 Å². The molecule has 0 spiro atoms. The number of rotatable bonds is 6. The molecule has 2 rings (SSSR count). The first-order chi connectivity index (χ1) is 12.1. The maximum absolute atomic E-state index is 12.3. The molecule has 0 saturated carbocycles. The summed E-state index contributed by atoms with van der Waals surface area (Å²) in [5, 5.41) is 2.73. The van der Waals surface area contributed by atoms with Gasteiger partial charge in [-0.15, -0.1) is 0 Å². The van der Waals surface area contributed by atoms with Crippen molar-refractivity contribution in [3.05, 3.63) is 47.9 Å². The largest absolute Gasteiger partial charge is 0.462 e. The van der Waals surface area contributed by atoms with Gasteiger partial charge in [-0.2, -0.15) is 0 Å². The molecule has 140 valence electrons. The van der Waals surface area contributed by atoms with Gasteiger partial charge in [0.15, 0.2) is 0 Å². The molecular weight excluding hydrogens is 354 g/mol. The first-order valence-electron chi connectivity index (χ1n) is 7.90. The van der Waals surface area contributed by atoms with Gasteiger partial charge in [0.25, 0.3) is 0 Å². The summed E-state index contributed by atoms with van der Waals surface area (Å²) in [6, 6.07) is 8.19. The monoisotopic (exact) mass is 377 g/mol. The normalized spacial score (nSPS) is 11.9. The summed E-state index contributed by atoms with van der Waals surface area (Å²) in [4.78, 5) is 14.1. The first kappa shape index (κ1) is 19.7. The highest BCUT2D eigenvalue weighted by molar-refractivity contribution is 7.89. The van der Waals surface area contributed by atoms with E-state index in [9.17, 15) is 13.2 Å². The van der Waals surface area contributed by atoms with Crippen LogP contribution in [-0.4, -0.2) is 46.8 Å². The van der Waals surface area contributed by atoms with E-state index in [1.54, 1.807) is 29.2 Å². The number of furan rings is 1. The van der Waals surface area contributed by atoms with Crippen molar-refractivity contribution >= 4 is 33.4 Å². The van der Waals surface area contributed by atoms with Crippen LogP contribution in [0.1, 0.15) is 11.5 Å². The quantitative estimate of drug-likeness (QED) is 0.783. The number of hydrogen-bond acceptors (Lipinski definition) is 5. The number of hydrogen-bond donors (Lipinski definition) is 1. The average Bonchev–Trinajstić information content (AvgIpc) is 2.98. The van der Waals surface area contributed by atoms with Gasteiger partial charge in [-0.1, -0.05) is 0 Å². The molecule has 0 saturated heterocycles. The average molecular weight is 377 g/mol. The number of anilines is 2. The van der Waals surface area contributed by atoms with Crippen molar-refractivity contribution in [3.63, 3.8) is 0 Å². The molecule has 0 atom stereocenters. The van der Waals surface area contributed by atoms with E-state index in [1.165, 1.54) is 32.3 Å². The van der Waals surface area contributed by atoms with E-state index in [1.807, 2.05) is 21.0 Å². The summed E-state index contributed by atoms with van der Waals surface area (Å²) in [7, 11) is 2.94. The molecule has 7 nitrogen and oxygen atoms in total. The Labute approximate surface area is 154 Å². The Balaban J connectivity index is 2.31. The van der Waals surface area contributed by atoms with Crippen molar-refractivity contribution in [1.82, 2.24) is 4.31 Å². The van der Waals surface area contributed by atoms with E-state index in [0.717, 1.165) is 10.1 Å². The minimum atomic E-state index is -3.60. The van der Waals surface area contributed by atoms with Gasteiger partial charge < -0.3 is 14.6 Å². The first-order valence-corrected chi connectivity index (χ1v) is 9.34. The highest BCUT2D eigenvalue weighted by atomic mass is 32.2. The molecule has 0 fully saturated rings. The van der Waals surface area contributed by atoms with E-state index in [-0.39, 0.29) is 10.8 Å². The molecule has 0 aliphatic heterocycles. The molecule has 1 heterocycles. The van der Waals surface area contributed by atoms with Crippen LogP contribution >= 0.6 is 0 Å². The Kier molecular flexibility index (Phi) is 5.89. The third-order valence-corrected chi connectivity index (χ3v) is 5.46. The van der Waals surface area contributed by atoms with Crippen LogP contribution in [0.5, 0.6) is 0 Å². The molecule has 0 aliphatic rings. The molecule has 1 aromatic heterocycles. The SMILES string of the molecule is Cc1ccc(C=CC(=O)Nc2cc(S(=O)(=O)N(C)C)ccc2N(C)C)o1. The third kappa shape index (κ3) is 4.53. The lowest BCUT2D eigenvalue weighted by atomic mass is 10.2. The number of carbonyl (C=O) groups excluding carboxylic acids is 1. The number of benzene rings is 1. The molecule has 0 bridgehead atoms.